The lowest BCUT2D eigenvalue weighted by molar-refractivity contribution is -0.192. The molecular formula is C56H81F3N8O7. The summed E-state index contributed by atoms with van der Waals surface area (Å²) in [7, 11) is 2.18. The van der Waals surface area contributed by atoms with Crippen molar-refractivity contribution in [2.75, 3.05) is 59.4 Å². The van der Waals surface area contributed by atoms with Crippen LogP contribution >= 0.6 is 0 Å². The number of aliphatic carboxylic acids is 1. The number of benzene rings is 2. The Bertz CT molecular complexity index is 2470. The first-order chi connectivity index (χ1) is 35.6. The van der Waals surface area contributed by atoms with Gasteiger partial charge in [0.1, 0.15) is 6.04 Å². The molecule has 18 heteroatoms. The summed E-state index contributed by atoms with van der Waals surface area (Å²) in [6.07, 6.45) is 19.0. The molecule has 2 aromatic carbocycles. The molecule has 3 amide bonds. The number of carbonyl (C=O) groups excluding carboxylic acids is 3. The second kappa shape index (κ2) is 29.0. The molecule has 15 nitrogen and oxygen atoms in total. The number of esters is 1. The van der Waals surface area contributed by atoms with Crippen LogP contribution in [0.1, 0.15) is 152 Å². The van der Waals surface area contributed by atoms with Crippen molar-refractivity contribution in [3.8, 4) is 0 Å². The number of aryl methyl sites for hydroxylation is 1. The van der Waals surface area contributed by atoms with Crippen LogP contribution < -0.4 is 10.9 Å². The van der Waals surface area contributed by atoms with Crippen LogP contribution in [-0.4, -0.2) is 141 Å². The Labute approximate surface area is 434 Å². The van der Waals surface area contributed by atoms with Gasteiger partial charge in [0, 0.05) is 80.8 Å². The average Bonchev–Trinajstić information content (AvgIpc) is 3.81. The van der Waals surface area contributed by atoms with Crippen molar-refractivity contribution in [1.29, 1.82) is 0 Å². The molecule has 3 fully saturated rings. The lowest BCUT2D eigenvalue weighted by Gasteiger charge is -2.43. The highest BCUT2D eigenvalue weighted by atomic mass is 19.4. The number of piperazine rings is 1. The number of alkyl halides is 3. The smallest absolute Gasteiger partial charge is 0.475 e. The molecule has 4 aromatic rings. The highest BCUT2D eigenvalue weighted by Gasteiger charge is 2.38. The van der Waals surface area contributed by atoms with Gasteiger partial charge in [-0.05, 0) is 99.8 Å². The summed E-state index contributed by atoms with van der Waals surface area (Å²) in [5.41, 5.74) is 4.21. The van der Waals surface area contributed by atoms with E-state index in [0.717, 1.165) is 96.8 Å². The molecule has 0 bridgehead atoms. The van der Waals surface area contributed by atoms with Crippen molar-refractivity contribution >= 4 is 45.7 Å². The van der Waals surface area contributed by atoms with Crippen LogP contribution in [0.5, 0.6) is 0 Å². The third kappa shape index (κ3) is 17.8. The number of fused-ring (bicyclic) bond motifs is 2. The number of likely N-dealkylation sites (tertiary alicyclic amines) is 2. The van der Waals surface area contributed by atoms with Gasteiger partial charge < -0.3 is 34.8 Å². The monoisotopic (exact) mass is 1030 g/mol. The second-order valence-corrected chi connectivity index (χ2v) is 20.8. The molecule has 0 saturated carbocycles. The van der Waals surface area contributed by atoms with Gasteiger partial charge in [-0.1, -0.05) is 115 Å². The summed E-state index contributed by atoms with van der Waals surface area (Å²) in [4.78, 5) is 74.9. The minimum Gasteiger partial charge on any atom is -0.475 e. The fraction of sp³-hybridized carbons (Fsp3) is 0.643. The number of pyridine rings is 1. The number of urea groups is 1. The predicted octanol–water partition coefficient (Wildman–Crippen LogP) is 9.93. The van der Waals surface area contributed by atoms with Crippen LogP contribution in [0.3, 0.4) is 0 Å². The van der Waals surface area contributed by atoms with Gasteiger partial charge in [0.05, 0.1) is 5.52 Å². The number of aromatic nitrogens is 3. The van der Waals surface area contributed by atoms with Crippen LogP contribution in [0.2, 0.25) is 0 Å². The molecule has 1 atom stereocenters. The van der Waals surface area contributed by atoms with Crippen LogP contribution in [0.15, 0.2) is 53.5 Å². The molecular weight excluding hydrogens is 954 g/mol. The van der Waals surface area contributed by atoms with Crippen LogP contribution in [0, 0.1) is 6.92 Å². The van der Waals surface area contributed by atoms with Gasteiger partial charge in [-0.15, -0.1) is 0 Å². The van der Waals surface area contributed by atoms with Gasteiger partial charge in [0.15, 0.2) is 6.73 Å². The van der Waals surface area contributed by atoms with Gasteiger partial charge in [-0.2, -0.15) is 18.3 Å². The fourth-order valence-electron chi connectivity index (χ4n) is 10.7. The van der Waals surface area contributed by atoms with Gasteiger partial charge in [0.2, 0.25) is 5.91 Å². The molecule has 0 radical (unpaired) electrons. The number of carbonyl (C=O) groups is 4. The zero-order valence-corrected chi connectivity index (χ0v) is 44.1. The molecule has 7 rings (SSSR count). The number of piperidine rings is 2. The Hall–Kier alpha value is -5.49. The third-order valence-electron chi connectivity index (χ3n) is 15.1. The maximum atomic E-state index is 14.5. The van der Waals surface area contributed by atoms with Crippen LogP contribution in [0.25, 0.3) is 21.8 Å². The Balaban J connectivity index is 0.00000119. The van der Waals surface area contributed by atoms with E-state index in [1.54, 1.807) is 9.58 Å². The Kier molecular flexibility index (Phi) is 22.6. The van der Waals surface area contributed by atoms with Crippen molar-refractivity contribution < 1.29 is 42.2 Å². The number of nitrogens with one attached hydrogen (secondary N) is 2. The summed E-state index contributed by atoms with van der Waals surface area (Å²) >= 11 is 0. The largest absolute Gasteiger partial charge is 0.490 e. The summed E-state index contributed by atoms with van der Waals surface area (Å²) in [5, 5.41) is 17.0. The average molecular weight is 1040 g/mol. The zero-order valence-electron chi connectivity index (χ0n) is 44.1. The number of ether oxygens (including phenoxy) is 1. The molecule has 0 spiro atoms. The van der Waals surface area contributed by atoms with E-state index in [1.165, 1.54) is 70.6 Å². The number of rotatable bonds is 23. The number of H-pyrrole nitrogens is 1. The summed E-state index contributed by atoms with van der Waals surface area (Å²) in [6, 6.07) is 13.4. The highest BCUT2D eigenvalue weighted by Crippen LogP contribution is 2.28. The van der Waals surface area contributed by atoms with Crippen molar-refractivity contribution in [2.24, 2.45) is 0 Å². The molecule has 408 valence electrons. The number of halogens is 3. The highest BCUT2D eigenvalue weighted by molar-refractivity contribution is 5.88. The lowest BCUT2D eigenvalue weighted by Crippen LogP contribution is -2.59. The number of hydrogen-bond acceptors (Lipinski definition) is 9. The fourth-order valence-corrected chi connectivity index (χ4v) is 10.7. The number of carboxylic acid groups (broad SMARTS) is 1. The van der Waals surface area contributed by atoms with E-state index in [4.69, 9.17) is 19.7 Å². The number of nitrogens with zero attached hydrogens (tertiary/aromatic N) is 6. The Morgan fingerprint density at radius 2 is 1.38 bits per heavy atom. The molecule has 3 aliphatic rings. The number of carboxylic acids is 1. The van der Waals surface area contributed by atoms with Crippen molar-refractivity contribution in [1.82, 2.24) is 39.7 Å². The molecule has 3 saturated heterocycles. The maximum absolute atomic E-state index is 14.5. The SMILES string of the molecule is CCCCCCCCCCCCCCCCC(=O)OCn1cc2cc(CC(NC(=O)N3CCC(c4cc5ccccc5[nH]c4=O)CC3)C(=O)N3CCN(C4CCN(C)CC4)CC3)cc(C)c2n1.O=C(O)C(F)(F)F. The zero-order chi connectivity index (χ0) is 53.0. The van der Waals surface area contributed by atoms with E-state index in [9.17, 15) is 32.3 Å². The lowest BCUT2D eigenvalue weighted by atomic mass is 9.89. The molecule has 3 aliphatic heterocycles. The van der Waals surface area contributed by atoms with Gasteiger partial charge in [-0.3, -0.25) is 19.3 Å². The maximum Gasteiger partial charge on any atom is 0.490 e. The van der Waals surface area contributed by atoms with E-state index in [0.29, 0.717) is 57.9 Å². The molecule has 0 aliphatic carbocycles. The number of aromatic amines is 1. The predicted molar refractivity (Wildman–Crippen MR) is 282 cm³/mol. The minimum absolute atomic E-state index is 0.0451. The summed E-state index contributed by atoms with van der Waals surface area (Å²) < 4.78 is 39.1. The van der Waals surface area contributed by atoms with E-state index in [2.05, 4.69) is 40.1 Å². The molecule has 5 heterocycles. The molecule has 1 unspecified atom stereocenters. The summed E-state index contributed by atoms with van der Waals surface area (Å²) in [6.45, 7) is 10.4. The number of para-hydroxylation sites is 1. The Morgan fingerprint density at radius 3 is 1.99 bits per heavy atom. The van der Waals surface area contributed by atoms with Crippen LogP contribution in [-0.2, 0) is 32.3 Å². The first kappa shape index (κ1) is 57.8. The quantitative estimate of drug-likeness (QED) is 0.0480. The molecule has 3 N–H and O–H groups in total. The molecule has 74 heavy (non-hydrogen) atoms. The number of hydrogen-bond donors (Lipinski definition) is 3. The van der Waals surface area contributed by atoms with E-state index in [-0.39, 0.29) is 36.1 Å². The van der Waals surface area contributed by atoms with Crippen molar-refractivity contribution in [3.05, 3.63) is 75.7 Å². The van der Waals surface area contributed by atoms with Crippen LogP contribution in [0.4, 0.5) is 18.0 Å². The summed E-state index contributed by atoms with van der Waals surface area (Å²) in [5.74, 6) is -2.98. The Morgan fingerprint density at radius 1 is 0.784 bits per heavy atom. The van der Waals surface area contributed by atoms with E-state index >= 15 is 0 Å². The molecule has 2 aromatic heterocycles. The third-order valence-corrected chi connectivity index (χ3v) is 15.1. The minimum atomic E-state index is -5.08. The van der Waals surface area contributed by atoms with Gasteiger partial charge in [-0.25, -0.2) is 14.3 Å². The topological polar surface area (TPSA) is 173 Å². The number of unbranched alkanes of at least 4 members (excludes halogenated alkanes) is 13. The van der Waals surface area contributed by atoms with Gasteiger partial charge >= 0.3 is 24.1 Å². The first-order valence-electron chi connectivity index (χ1n) is 27.4. The standard InChI is InChI=1S/C54H80N8O5.C2HF3O2/c1-4-5-6-7-8-9-10-11-12-13-14-15-16-17-22-50(63)67-40-62-39-45-36-42(35-41(2)51(45)57-62)37-49(53(65)60-33-31-59(32-34-60)46-25-27-58(3)28-26-46)56-54(66)61-29-23-43(24-30-61)47-38-44-20-18-19-21-48(44)55-52(47)64;3-2(4,5)1(6)7/h18-21,35-36,38-39,43,46,49H,4-17,22-34,37,40H2,1-3H3,(H,55,64)(H,56,66);(H,6,7). The van der Waals surface area contributed by atoms with Gasteiger partial charge in [0.25, 0.3) is 5.56 Å². The van der Waals surface area contributed by atoms with Crippen molar-refractivity contribution in [2.45, 2.75) is 173 Å². The number of amides is 3. The second-order valence-electron chi connectivity index (χ2n) is 20.8. The normalized spacial score (nSPS) is 16.8. The van der Waals surface area contributed by atoms with Crippen molar-refractivity contribution in [3.63, 3.8) is 0 Å². The van der Waals surface area contributed by atoms with E-state index < -0.39 is 18.2 Å². The van der Waals surface area contributed by atoms with E-state index in [1.807, 2.05) is 54.4 Å². The first-order valence-corrected chi connectivity index (χ1v) is 27.4.